The Hall–Kier alpha value is -3.47. The van der Waals surface area contributed by atoms with Gasteiger partial charge in [0.25, 0.3) is 5.91 Å². The van der Waals surface area contributed by atoms with Crippen molar-refractivity contribution >= 4 is 51.3 Å². The van der Waals surface area contributed by atoms with E-state index in [9.17, 15) is 19.8 Å². The zero-order valence-corrected chi connectivity index (χ0v) is 19.9. The average Bonchev–Trinajstić information content (AvgIpc) is 3.60. The molecule has 2 N–H and O–H groups in total. The van der Waals surface area contributed by atoms with Gasteiger partial charge in [-0.25, -0.2) is 0 Å². The summed E-state index contributed by atoms with van der Waals surface area (Å²) < 4.78 is 0.661. The van der Waals surface area contributed by atoms with E-state index in [1.807, 2.05) is 30.3 Å². The van der Waals surface area contributed by atoms with Crippen LogP contribution in [0.15, 0.2) is 87.8 Å². The van der Waals surface area contributed by atoms with E-state index in [2.05, 4.69) is 10.2 Å². The number of aromatic hydroxyl groups is 1. The predicted octanol–water partition coefficient (Wildman–Crippen LogP) is 5.38. The van der Waals surface area contributed by atoms with Gasteiger partial charge in [0.05, 0.1) is 16.5 Å². The Kier molecular flexibility index (Phi) is 6.18. The number of Topliss-reactive ketones (excluding diaryl/α,β-unsaturated/α-hetero) is 1. The summed E-state index contributed by atoms with van der Waals surface area (Å²) in [5, 5.41) is 31.0. The minimum absolute atomic E-state index is 0.0215. The largest absolute Gasteiger partial charge is 0.508 e. The summed E-state index contributed by atoms with van der Waals surface area (Å²) in [6, 6.07) is 18.6. The van der Waals surface area contributed by atoms with Crippen LogP contribution in [0.2, 0.25) is 0 Å². The lowest BCUT2D eigenvalue weighted by Gasteiger charge is -2.24. The molecule has 0 fully saturated rings. The van der Waals surface area contributed by atoms with E-state index in [0.717, 1.165) is 5.56 Å². The van der Waals surface area contributed by atoms with Gasteiger partial charge in [-0.3, -0.25) is 14.5 Å². The fourth-order valence-corrected chi connectivity index (χ4v) is 6.13. The molecule has 170 valence electrons. The van der Waals surface area contributed by atoms with Crippen molar-refractivity contribution in [2.75, 3.05) is 4.90 Å². The van der Waals surface area contributed by atoms with Crippen LogP contribution in [0.1, 0.15) is 26.8 Å². The Balaban J connectivity index is 1.50. The highest BCUT2D eigenvalue weighted by atomic mass is 32.2. The number of rotatable bonds is 7. The summed E-state index contributed by atoms with van der Waals surface area (Å²) in [6.45, 7) is 0. The summed E-state index contributed by atoms with van der Waals surface area (Å²) in [4.78, 5) is 28.2. The lowest BCUT2D eigenvalue weighted by molar-refractivity contribution is -0.117. The van der Waals surface area contributed by atoms with Gasteiger partial charge in [0.1, 0.15) is 5.75 Å². The van der Waals surface area contributed by atoms with Crippen molar-refractivity contribution in [3.8, 4) is 5.75 Å². The first-order valence-electron chi connectivity index (χ1n) is 10.2. The van der Waals surface area contributed by atoms with E-state index >= 15 is 0 Å². The van der Waals surface area contributed by atoms with Gasteiger partial charge in [-0.1, -0.05) is 71.6 Å². The van der Waals surface area contributed by atoms with Gasteiger partial charge in [0, 0.05) is 5.75 Å². The number of aliphatic hydroxyl groups is 1. The summed E-state index contributed by atoms with van der Waals surface area (Å²) in [7, 11) is 0. The lowest BCUT2D eigenvalue weighted by atomic mass is 9.95. The number of phenolic OH excluding ortho intramolecular Hbond substituents is 1. The Bertz CT molecular complexity index is 1370. The van der Waals surface area contributed by atoms with Crippen molar-refractivity contribution in [3.05, 3.63) is 99.4 Å². The zero-order chi connectivity index (χ0) is 23.7. The first-order valence-corrected chi connectivity index (χ1v) is 12.8. The van der Waals surface area contributed by atoms with E-state index in [-0.39, 0.29) is 16.5 Å². The van der Waals surface area contributed by atoms with Crippen LogP contribution >= 0.6 is 34.4 Å². The number of hydrogen-bond acceptors (Lipinski definition) is 9. The predicted molar refractivity (Wildman–Crippen MR) is 133 cm³/mol. The number of anilines is 1. The van der Waals surface area contributed by atoms with Crippen molar-refractivity contribution < 1.29 is 19.8 Å². The number of ketones is 1. The molecule has 0 unspecified atom stereocenters. The van der Waals surface area contributed by atoms with E-state index in [1.165, 1.54) is 51.5 Å². The van der Waals surface area contributed by atoms with Crippen molar-refractivity contribution in [1.82, 2.24) is 10.2 Å². The smallest absolute Gasteiger partial charge is 0.296 e. The number of aromatic nitrogens is 2. The number of phenols is 1. The van der Waals surface area contributed by atoms with Crippen LogP contribution in [0.3, 0.4) is 0 Å². The molecule has 3 heterocycles. The molecule has 10 heteroatoms. The molecule has 34 heavy (non-hydrogen) atoms. The highest BCUT2D eigenvalue weighted by Gasteiger charge is 2.46. The molecular weight excluding hydrogens is 490 g/mol. The van der Waals surface area contributed by atoms with Gasteiger partial charge < -0.3 is 10.2 Å². The standard InChI is InChI=1S/C24H17N3O4S3/c28-16-10-8-15(9-11-16)19-18(20(29)17-7-4-12-32-17)21(30)22(31)27(19)23-25-26-24(34-23)33-13-14-5-2-1-3-6-14/h1-12,19,28,30H,13H2/t19-/m0/s1. The first-order chi connectivity index (χ1) is 16.5. The molecule has 0 saturated heterocycles. The number of aliphatic hydroxyl groups excluding tert-OH is 1. The molecule has 7 nitrogen and oxygen atoms in total. The van der Waals surface area contributed by atoms with E-state index in [4.69, 9.17) is 0 Å². The number of carbonyl (C=O) groups excluding carboxylic acids is 2. The minimum atomic E-state index is -0.900. The van der Waals surface area contributed by atoms with Crippen molar-refractivity contribution in [1.29, 1.82) is 0 Å². The number of thioether (sulfide) groups is 1. The van der Waals surface area contributed by atoms with Gasteiger partial charge in [-0.2, -0.15) is 0 Å². The third-order valence-corrected chi connectivity index (χ3v) is 8.21. The lowest BCUT2D eigenvalue weighted by Crippen LogP contribution is -2.30. The number of nitrogens with zero attached hydrogens (tertiary/aromatic N) is 3. The van der Waals surface area contributed by atoms with E-state index in [1.54, 1.807) is 29.6 Å². The second-order valence-electron chi connectivity index (χ2n) is 7.36. The molecule has 1 aliphatic rings. The summed E-state index contributed by atoms with van der Waals surface area (Å²) in [6.07, 6.45) is 0. The Morgan fingerprint density at radius 1 is 1.00 bits per heavy atom. The molecule has 1 aliphatic heterocycles. The topological polar surface area (TPSA) is 104 Å². The summed E-state index contributed by atoms with van der Waals surface area (Å²) in [5.41, 5.74) is 1.67. The average molecular weight is 508 g/mol. The third-order valence-electron chi connectivity index (χ3n) is 5.21. The fourth-order valence-electron chi connectivity index (χ4n) is 3.62. The van der Waals surface area contributed by atoms with Crippen LogP contribution in [0.5, 0.6) is 5.75 Å². The molecule has 2 aromatic heterocycles. The maximum absolute atomic E-state index is 13.3. The Morgan fingerprint density at radius 2 is 1.76 bits per heavy atom. The highest BCUT2D eigenvalue weighted by Crippen LogP contribution is 2.44. The molecule has 0 bridgehead atoms. The van der Waals surface area contributed by atoms with Crippen molar-refractivity contribution in [2.45, 2.75) is 16.1 Å². The quantitative estimate of drug-likeness (QED) is 0.197. The molecule has 1 amide bonds. The molecule has 0 aliphatic carbocycles. The Morgan fingerprint density at radius 3 is 2.47 bits per heavy atom. The monoisotopic (exact) mass is 507 g/mol. The van der Waals surface area contributed by atoms with Crippen LogP contribution in [0.4, 0.5) is 5.13 Å². The Labute approximate surface area is 207 Å². The van der Waals surface area contributed by atoms with Crippen LogP contribution in [-0.2, 0) is 10.5 Å². The molecule has 4 aromatic rings. The zero-order valence-electron chi connectivity index (χ0n) is 17.5. The molecule has 1 atom stereocenters. The SMILES string of the molecule is O=C(C1=C(O)C(=O)N(c2nnc(SCc3ccccc3)s2)[C@H]1c1ccc(O)cc1)c1cccs1. The van der Waals surface area contributed by atoms with Crippen LogP contribution in [0, 0.1) is 0 Å². The second kappa shape index (κ2) is 9.41. The van der Waals surface area contributed by atoms with Crippen molar-refractivity contribution in [2.24, 2.45) is 0 Å². The number of carbonyl (C=O) groups is 2. The molecule has 0 radical (unpaired) electrons. The number of thiophene rings is 1. The molecule has 0 spiro atoms. The van der Waals surface area contributed by atoms with Crippen LogP contribution in [-0.4, -0.2) is 32.1 Å². The molecule has 5 rings (SSSR count). The van der Waals surface area contributed by atoms with Crippen LogP contribution < -0.4 is 4.90 Å². The molecule has 2 aromatic carbocycles. The van der Waals surface area contributed by atoms with Gasteiger partial charge in [0.2, 0.25) is 10.9 Å². The highest BCUT2D eigenvalue weighted by molar-refractivity contribution is 8.00. The summed E-state index contributed by atoms with van der Waals surface area (Å²) in [5.74, 6) is -1.01. The number of benzene rings is 2. The van der Waals surface area contributed by atoms with Gasteiger partial charge in [-0.15, -0.1) is 21.5 Å². The van der Waals surface area contributed by atoms with Crippen molar-refractivity contribution in [3.63, 3.8) is 0 Å². The number of hydrogen-bond donors (Lipinski definition) is 2. The van der Waals surface area contributed by atoms with Gasteiger partial charge in [0.15, 0.2) is 10.1 Å². The first kappa shape index (κ1) is 22.3. The molecular formula is C24H17N3O4S3. The maximum atomic E-state index is 13.3. The van der Waals surface area contributed by atoms with Gasteiger partial charge >= 0.3 is 0 Å². The van der Waals surface area contributed by atoms with E-state index in [0.29, 0.717) is 20.5 Å². The fraction of sp³-hybridized carbons (Fsp3) is 0.0833. The minimum Gasteiger partial charge on any atom is -0.508 e. The summed E-state index contributed by atoms with van der Waals surface area (Å²) >= 11 is 3.94. The normalized spacial score (nSPS) is 15.8. The third kappa shape index (κ3) is 4.23. The van der Waals surface area contributed by atoms with E-state index < -0.39 is 23.5 Å². The van der Waals surface area contributed by atoms with Gasteiger partial charge in [-0.05, 0) is 34.7 Å². The number of amides is 1. The van der Waals surface area contributed by atoms with Crippen LogP contribution in [0.25, 0.3) is 0 Å². The second-order valence-corrected chi connectivity index (χ2v) is 10.5. The molecule has 0 saturated carbocycles. The maximum Gasteiger partial charge on any atom is 0.296 e.